The molecule has 31 heavy (non-hydrogen) atoms. The molecule has 0 saturated heterocycles. The van der Waals surface area contributed by atoms with E-state index in [9.17, 15) is 22.8 Å². The largest absolute Gasteiger partial charge is 0.435 e. The van der Waals surface area contributed by atoms with E-state index in [4.69, 9.17) is 19.4 Å². The Morgan fingerprint density at radius 1 is 1.19 bits per heavy atom. The predicted molar refractivity (Wildman–Crippen MR) is 109 cm³/mol. The topological polar surface area (TPSA) is 88.9 Å². The van der Waals surface area contributed by atoms with Gasteiger partial charge in [0.05, 0.1) is 16.3 Å². The molecule has 0 unspecified atom stereocenters. The monoisotopic (exact) mass is 447 g/mol. The van der Waals surface area contributed by atoms with Crippen molar-refractivity contribution in [1.29, 1.82) is 0 Å². The smallest absolute Gasteiger partial charge is 0.355 e. The number of nitrogens with one attached hydrogen (secondary N) is 2. The quantitative estimate of drug-likeness (QED) is 0.602. The Balaban J connectivity index is 2.12. The number of benzene rings is 1. The minimum absolute atomic E-state index is 0.0110. The van der Waals surface area contributed by atoms with E-state index in [-0.39, 0.29) is 27.6 Å². The number of carbonyl (C=O) groups is 2. The number of aromatic nitrogens is 3. The van der Waals surface area contributed by atoms with Crippen LogP contribution in [0.25, 0.3) is 5.82 Å². The van der Waals surface area contributed by atoms with E-state index >= 15 is 0 Å². The molecule has 3 aromatic rings. The van der Waals surface area contributed by atoms with Crippen LogP contribution in [0.5, 0.6) is 0 Å². The summed E-state index contributed by atoms with van der Waals surface area (Å²) in [5, 5.41) is 8.35. The number of aryl methyl sites for hydroxylation is 1. The minimum atomic E-state index is -4.81. The highest BCUT2D eigenvalue weighted by Gasteiger charge is 2.36. The van der Waals surface area contributed by atoms with Gasteiger partial charge in [-0.15, -0.1) is 0 Å². The van der Waals surface area contributed by atoms with Gasteiger partial charge < -0.3 is 10.6 Å². The highest BCUT2D eigenvalue weighted by molar-refractivity contribution is 6.33. The third-order valence-electron chi connectivity index (χ3n) is 4.24. The number of halogens is 4. The average Bonchev–Trinajstić information content (AvgIpc) is 3.15. The molecule has 158 valence electrons. The van der Waals surface area contributed by atoms with Crippen molar-refractivity contribution in [1.82, 2.24) is 20.1 Å². The molecule has 3 rings (SSSR count). The normalized spacial score (nSPS) is 11.3. The maximum absolute atomic E-state index is 13.3. The van der Waals surface area contributed by atoms with Crippen LogP contribution in [0.3, 0.4) is 0 Å². The van der Waals surface area contributed by atoms with Gasteiger partial charge in [0.2, 0.25) is 0 Å². The molecular formula is C19H14BClF3N5O2. The maximum atomic E-state index is 13.3. The third kappa shape index (κ3) is 4.56. The highest BCUT2D eigenvalue weighted by Crippen LogP contribution is 2.31. The van der Waals surface area contributed by atoms with Gasteiger partial charge in [-0.1, -0.05) is 29.2 Å². The van der Waals surface area contributed by atoms with Gasteiger partial charge in [0, 0.05) is 19.3 Å². The minimum Gasteiger partial charge on any atom is -0.355 e. The first kappa shape index (κ1) is 22.4. The van der Waals surface area contributed by atoms with Gasteiger partial charge >= 0.3 is 6.18 Å². The number of anilines is 1. The molecule has 2 aromatic heterocycles. The molecule has 2 radical (unpaired) electrons. The molecule has 0 spiro atoms. The number of alkyl halides is 3. The first-order valence-electron chi connectivity index (χ1n) is 8.74. The number of hydrogen-bond donors (Lipinski definition) is 2. The van der Waals surface area contributed by atoms with Gasteiger partial charge in [-0.25, -0.2) is 9.67 Å². The van der Waals surface area contributed by atoms with Crippen LogP contribution in [-0.4, -0.2) is 41.5 Å². The molecule has 0 bridgehead atoms. The van der Waals surface area contributed by atoms with Crippen molar-refractivity contribution >= 4 is 42.4 Å². The molecule has 2 amide bonds. The molecule has 2 N–H and O–H groups in total. The summed E-state index contributed by atoms with van der Waals surface area (Å²) in [4.78, 5) is 29.1. The lowest BCUT2D eigenvalue weighted by Crippen LogP contribution is -2.25. The van der Waals surface area contributed by atoms with Crippen LogP contribution >= 0.6 is 11.6 Å². The van der Waals surface area contributed by atoms with Crippen LogP contribution in [0.2, 0.25) is 5.02 Å². The number of carbonyl (C=O) groups excluding carboxylic acids is 2. The summed E-state index contributed by atoms with van der Waals surface area (Å²) in [5.74, 6) is -1.66. The molecule has 0 saturated carbocycles. The number of rotatable bonds is 4. The first-order chi connectivity index (χ1) is 14.5. The molecular weight excluding hydrogens is 434 g/mol. The van der Waals surface area contributed by atoms with Crippen LogP contribution < -0.4 is 16.1 Å². The molecule has 12 heteroatoms. The van der Waals surface area contributed by atoms with E-state index in [2.05, 4.69) is 20.7 Å². The van der Waals surface area contributed by atoms with Crippen molar-refractivity contribution in [2.24, 2.45) is 0 Å². The van der Waals surface area contributed by atoms with Crippen molar-refractivity contribution < 1.29 is 22.8 Å². The summed E-state index contributed by atoms with van der Waals surface area (Å²) < 4.78 is 40.6. The summed E-state index contributed by atoms with van der Waals surface area (Å²) in [6, 6.07) is 6.31. The van der Waals surface area contributed by atoms with Crippen molar-refractivity contribution in [3.05, 3.63) is 64.1 Å². The van der Waals surface area contributed by atoms with Crippen molar-refractivity contribution in [3.8, 4) is 5.82 Å². The zero-order valence-electron chi connectivity index (χ0n) is 16.2. The summed E-state index contributed by atoms with van der Waals surface area (Å²) in [6.07, 6.45) is -3.52. The SMILES string of the molecule is [B]c1cc(C)c(NC(=O)c2cc(C(F)(F)F)nn2-c2ncccc2Cl)c(C(=O)NC)c1. The lowest BCUT2D eigenvalue weighted by Gasteiger charge is -2.15. The average molecular weight is 448 g/mol. The Hall–Kier alpha value is -3.34. The first-order valence-corrected chi connectivity index (χ1v) is 9.12. The fraction of sp³-hybridized carbons (Fsp3) is 0.158. The highest BCUT2D eigenvalue weighted by atomic mass is 35.5. The van der Waals surface area contributed by atoms with Crippen LogP contribution in [0.15, 0.2) is 36.5 Å². The summed E-state index contributed by atoms with van der Waals surface area (Å²) in [5.41, 5.74) is -0.936. The Morgan fingerprint density at radius 3 is 2.52 bits per heavy atom. The van der Waals surface area contributed by atoms with Gasteiger partial charge in [0.1, 0.15) is 13.5 Å². The summed E-state index contributed by atoms with van der Waals surface area (Å²) in [7, 11) is 7.17. The predicted octanol–water partition coefficient (Wildman–Crippen LogP) is 2.65. The van der Waals surface area contributed by atoms with E-state index in [0.717, 1.165) is 0 Å². The molecule has 7 nitrogen and oxygen atoms in total. The Labute approximate surface area is 181 Å². The van der Waals surface area contributed by atoms with E-state index in [1.807, 2.05) is 0 Å². The van der Waals surface area contributed by atoms with Gasteiger partial charge in [-0.05, 0) is 24.6 Å². The van der Waals surface area contributed by atoms with E-state index in [1.54, 1.807) is 6.92 Å². The van der Waals surface area contributed by atoms with Crippen LogP contribution in [0.1, 0.15) is 32.1 Å². The van der Waals surface area contributed by atoms with Gasteiger partial charge in [0.25, 0.3) is 11.8 Å². The van der Waals surface area contributed by atoms with Crippen molar-refractivity contribution in [3.63, 3.8) is 0 Å². The van der Waals surface area contributed by atoms with Crippen LogP contribution in [0, 0.1) is 6.92 Å². The van der Waals surface area contributed by atoms with E-state index in [1.165, 1.54) is 37.5 Å². The summed E-state index contributed by atoms with van der Waals surface area (Å²) in [6.45, 7) is 1.59. The second kappa shape index (κ2) is 8.42. The lowest BCUT2D eigenvalue weighted by molar-refractivity contribution is -0.141. The fourth-order valence-electron chi connectivity index (χ4n) is 2.85. The molecule has 0 aliphatic rings. The number of hydrogen-bond acceptors (Lipinski definition) is 4. The third-order valence-corrected chi connectivity index (χ3v) is 4.54. The van der Waals surface area contributed by atoms with Gasteiger partial charge in [-0.3, -0.25) is 9.59 Å². The van der Waals surface area contributed by atoms with E-state index in [0.29, 0.717) is 16.3 Å². The zero-order chi connectivity index (χ0) is 22.9. The molecule has 0 atom stereocenters. The van der Waals surface area contributed by atoms with Crippen LogP contribution in [0.4, 0.5) is 18.9 Å². The second-order valence-corrected chi connectivity index (χ2v) is 6.83. The zero-order valence-corrected chi connectivity index (χ0v) is 17.0. The standard InChI is InChI=1S/C19H14BClF3N5O2/c1-9-6-10(20)7-11(17(30)25-2)15(9)27-18(31)13-8-14(19(22,23)24)28-29(13)16-12(21)4-3-5-26-16/h3-8H,1-2H3,(H,25,30)(H,27,31). The molecule has 0 aliphatic heterocycles. The summed E-state index contributed by atoms with van der Waals surface area (Å²) >= 11 is 6.04. The molecule has 0 fully saturated rings. The maximum Gasteiger partial charge on any atom is 0.435 e. The Bertz CT molecular complexity index is 1180. The van der Waals surface area contributed by atoms with Crippen molar-refractivity contribution in [2.75, 3.05) is 12.4 Å². The number of pyridine rings is 1. The van der Waals surface area contributed by atoms with Crippen molar-refractivity contribution in [2.45, 2.75) is 13.1 Å². The number of amides is 2. The van der Waals surface area contributed by atoms with Gasteiger partial charge in [-0.2, -0.15) is 18.3 Å². The van der Waals surface area contributed by atoms with Gasteiger partial charge in [0.15, 0.2) is 11.5 Å². The molecule has 0 aliphatic carbocycles. The van der Waals surface area contributed by atoms with Crippen LogP contribution in [-0.2, 0) is 6.18 Å². The van der Waals surface area contributed by atoms with E-state index < -0.39 is 29.4 Å². The number of nitrogens with zero attached hydrogens (tertiary/aromatic N) is 3. The second-order valence-electron chi connectivity index (χ2n) is 6.43. The fourth-order valence-corrected chi connectivity index (χ4v) is 3.05. The lowest BCUT2D eigenvalue weighted by atomic mass is 9.90. The Kier molecular flexibility index (Phi) is 6.07. The molecule has 1 aromatic carbocycles. The molecule has 2 heterocycles. The Morgan fingerprint density at radius 2 is 1.90 bits per heavy atom.